The monoisotopic (exact) mass is 474 g/mol. The van der Waals surface area contributed by atoms with Gasteiger partial charge in [0.1, 0.15) is 0 Å². The zero-order chi connectivity index (χ0) is 24.5. The van der Waals surface area contributed by atoms with Crippen molar-refractivity contribution < 1.29 is 18.7 Å². The number of amides is 2. The number of hydrogen-bond acceptors (Lipinski definition) is 6. The van der Waals surface area contributed by atoms with E-state index in [2.05, 4.69) is 20.9 Å². The lowest BCUT2D eigenvalue weighted by atomic mass is 10.1. The predicted octanol–water partition coefficient (Wildman–Crippen LogP) is 3.37. The van der Waals surface area contributed by atoms with Gasteiger partial charge in [-0.1, -0.05) is 18.2 Å². The number of aryl methyl sites for hydroxylation is 1. The van der Waals surface area contributed by atoms with Gasteiger partial charge in [0, 0.05) is 17.8 Å². The summed E-state index contributed by atoms with van der Waals surface area (Å²) in [5.74, 6) is -0.913. The fraction of sp³-hybridized carbons (Fsp3) is 0.240. The summed E-state index contributed by atoms with van der Waals surface area (Å²) >= 11 is 0. The molecule has 2 amide bonds. The topological polar surface area (TPSA) is 111 Å². The number of carbonyl (C=O) groups is 2. The largest absolute Gasteiger partial charge is 0.478 e. The van der Waals surface area contributed by atoms with Gasteiger partial charge < -0.3 is 4.74 Å². The number of fused-ring (bicyclic) bond motifs is 1. The molecule has 178 valence electrons. The van der Waals surface area contributed by atoms with E-state index in [1.807, 2.05) is 18.2 Å². The molecule has 0 radical (unpaired) electrons. The highest BCUT2D eigenvalue weighted by Gasteiger charge is 2.29. The van der Waals surface area contributed by atoms with Crippen LogP contribution in [-0.4, -0.2) is 37.7 Å². The van der Waals surface area contributed by atoms with Gasteiger partial charge in [0.25, 0.3) is 11.8 Å². The van der Waals surface area contributed by atoms with E-state index < -0.39 is 23.7 Å². The Bertz CT molecular complexity index is 1420. The lowest BCUT2D eigenvalue weighted by Gasteiger charge is -2.16. The number of benzene rings is 1. The summed E-state index contributed by atoms with van der Waals surface area (Å²) in [6.07, 6.45) is 2.62. The molecule has 0 saturated heterocycles. The van der Waals surface area contributed by atoms with Crippen LogP contribution >= 0.6 is 0 Å². The van der Waals surface area contributed by atoms with Crippen molar-refractivity contribution in [3.63, 3.8) is 0 Å². The van der Waals surface area contributed by atoms with Gasteiger partial charge in [0.15, 0.2) is 29.1 Å². The van der Waals surface area contributed by atoms with Crippen LogP contribution in [0.1, 0.15) is 47.4 Å². The van der Waals surface area contributed by atoms with Crippen molar-refractivity contribution in [2.75, 3.05) is 0 Å². The first-order chi connectivity index (χ1) is 16.9. The normalized spacial score (nSPS) is 13.9. The summed E-state index contributed by atoms with van der Waals surface area (Å²) in [5.41, 5.74) is 7.08. The van der Waals surface area contributed by atoms with Crippen LogP contribution in [0.5, 0.6) is 5.75 Å². The Morgan fingerprint density at radius 1 is 1.14 bits per heavy atom. The molecule has 3 aromatic heterocycles. The van der Waals surface area contributed by atoms with Crippen molar-refractivity contribution in [1.82, 2.24) is 30.6 Å². The maximum atomic E-state index is 13.8. The Hall–Kier alpha value is -4.34. The molecule has 1 aromatic carbocycles. The molecule has 35 heavy (non-hydrogen) atoms. The minimum atomic E-state index is -1.04. The number of aromatic nitrogens is 4. The van der Waals surface area contributed by atoms with Crippen molar-refractivity contribution in [3.8, 4) is 11.6 Å². The Balaban J connectivity index is 1.40. The predicted molar refractivity (Wildman–Crippen MR) is 125 cm³/mol. The molecule has 1 saturated carbocycles. The molecule has 1 fully saturated rings. The summed E-state index contributed by atoms with van der Waals surface area (Å²) in [5, 5.41) is 5.14. The van der Waals surface area contributed by atoms with Crippen LogP contribution in [0.2, 0.25) is 0 Å². The van der Waals surface area contributed by atoms with Crippen LogP contribution in [-0.2, 0) is 4.79 Å². The second-order valence-corrected chi connectivity index (χ2v) is 8.39. The van der Waals surface area contributed by atoms with Gasteiger partial charge in [0.2, 0.25) is 0 Å². The smallest absolute Gasteiger partial charge is 0.279 e. The average molecular weight is 474 g/mol. The quantitative estimate of drug-likeness (QED) is 0.415. The molecule has 9 nitrogen and oxygen atoms in total. The minimum Gasteiger partial charge on any atom is -0.478 e. The molecule has 1 aliphatic rings. The standard InChI is InChI=1S/C25H23FN6O3/c1-14-22-17(25(34)30-29-24(33)15(2)35-20-8-4-3-7-18(20)26)13-19(16-10-11-16)28-23(22)32(31-14)21-9-5-6-12-27-21/h3-9,12-13,15-16H,10-11H2,1-2H3,(H,29,33)(H,30,34). The van der Waals surface area contributed by atoms with E-state index in [0.717, 1.165) is 18.5 Å². The Labute approximate surface area is 200 Å². The van der Waals surface area contributed by atoms with Gasteiger partial charge >= 0.3 is 0 Å². The average Bonchev–Trinajstić information content (AvgIpc) is 3.67. The number of pyridine rings is 2. The number of hydrazine groups is 1. The van der Waals surface area contributed by atoms with E-state index >= 15 is 0 Å². The van der Waals surface area contributed by atoms with E-state index in [4.69, 9.17) is 9.72 Å². The van der Waals surface area contributed by atoms with Crippen LogP contribution in [0.4, 0.5) is 4.39 Å². The summed E-state index contributed by atoms with van der Waals surface area (Å²) < 4.78 is 20.8. The summed E-state index contributed by atoms with van der Waals surface area (Å²) in [7, 11) is 0. The van der Waals surface area contributed by atoms with Gasteiger partial charge in [-0.15, -0.1) is 0 Å². The fourth-order valence-corrected chi connectivity index (χ4v) is 3.79. The molecule has 0 aliphatic heterocycles. The van der Waals surface area contributed by atoms with Crippen molar-refractivity contribution >= 4 is 22.8 Å². The molecule has 10 heteroatoms. The number of hydrogen-bond donors (Lipinski definition) is 2. The van der Waals surface area contributed by atoms with Gasteiger partial charge in [-0.05, 0) is 57.0 Å². The molecule has 1 unspecified atom stereocenters. The van der Waals surface area contributed by atoms with Crippen LogP contribution in [0, 0.1) is 12.7 Å². The van der Waals surface area contributed by atoms with Crippen molar-refractivity contribution in [2.24, 2.45) is 0 Å². The van der Waals surface area contributed by atoms with Crippen LogP contribution in [0.25, 0.3) is 16.9 Å². The SMILES string of the molecule is Cc1nn(-c2ccccn2)c2nc(C3CC3)cc(C(=O)NNC(=O)C(C)Oc3ccccc3F)c12. The van der Waals surface area contributed by atoms with Crippen molar-refractivity contribution in [1.29, 1.82) is 0 Å². The summed E-state index contributed by atoms with van der Waals surface area (Å²) in [6, 6.07) is 13.0. The number of nitrogens with zero attached hydrogens (tertiary/aromatic N) is 4. The highest BCUT2D eigenvalue weighted by atomic mass is 19.1. The molecular formula is C25H23FN6O3. The van der Waals surface area contributed by atoms with Crippen molar-refractivity contribution in [3.05, 3.63) is 77.5 Å². The number of halogens is 1. The van der Waals surface area contributed by atoms with Crippen LogP contribution in [0.3, 0.4) is 0 Å². The first-order valence-electron chi connectivity index (χ1n) is 11.3. The third kappa shape index (κ3) is 4.54. The minimum absolute atomic E-state index is 0.0519. The Morgan fingerprint density at radius 2 is 1.91 bits per heavy atom. The number of rotatable bonds is 6. The fourth-order valence-electron chi connectivity index (χ4n) is 3.79. The second kappa shape index (κ2) is 9.13. The molecule has 5 rings (SSSR count). The van der Waals surface area contributed by atoms with Gasteiger partial charge in [-0.3, -0.25) is 20.4 Å². The van der Waals surface area contributed by atoms with E-state index in [9.17, 15) is 14.0 Å². The Morgan fingerprint density at radius 3 is 2.63 bits per heavy atom. The molecule has 1 aliphatic carbocycles. The van der Waals surface area contributed by atoms with E-state index in [-0.39, 0.29) is 11.7 Å². The number of para-hydroxylation sites is 1. The molecular weight excluding hydrogens is 451 g/mol. The lowest BCUT2D eigenvalue weighted by molar-refractivity contribution is -0.128. The van der Waals surface area contributed by atoms with Gasteiger partial charge in [-0.2, -0.15) is 9.78 Å². The molecule has 3 heterocycles. The zero-order valence-corrected chi connectivity index (χ0v) is 19.2. The van der Waals surface area contributed by atoms with Crippen LogP contribution in [0.15, 0.2) is 54.7 Å². The van der Waals surface area contributed by atoms with Gasteiger partial charge in [-0.25, -0.2) is 14.4 Å². The third-order valence-corrected chi connectivity index (χ3v) is 5.75. The molecule has 0 bridgehead atoms. The highest BCUT2D eigenvalue weighted by Crippen LogP contribution is 2.40. The van der Waals surface area contributed by atoms with Crippen molar-refractivity contribution in [2.45, 2.75) is 38.7 Å². The summed E-state index contributed by atoms with van der Waals surface area (Å²) in [4.78, 5) is 34.8. The lowest BCUT2D eigenvalue weighted by Crippen LogP contribution is -2.47. The maximum Gasteiger partial charge on any atom is 0.279 e. The number of nitrogens with one attached hydrogen (secondary N) is 2. The van der Waals surface area contributed by atoms with Gasteiger partial charge in [0.05, 0.1) is 16.6 Å². The molecule has 4 aromatic rings. The molecule has 2 N–H and O–H groups in total. The number of ether oxygens (including phenoxy) is 1. The molecule has 1 atom stereocenters. The third-order valence-electron chi connectivity index (χ3n) is 5.75. The van der Waals surface area contributed by atoms with Crippen LogP contribution < -0.4 is 15.6 Å². The van der Waals surface area contributed by atoms with E-state index in [1.165, 1.54) is 25.1 Å². The second-order valence-electron chi connectivity index (χ2n) is 8.39. The summed E-state index contributed by atoms with van der Waals surface area (Å²) in [6.45, 7) is 3.25. The van der Waals surface area contributed by atoms with E-state index in [0.29, 0.717) is 28.1 Å². The highest BCUT2D eigenvalue weighted by molar-refractivity contribution is 6.07. The first-order valence-corrected chi connectivity index (χ1v) is 11.3. The maximum absolute atomic E-state index is 13.8. The first kappa shape index (κ1) is 22.5. The Kier molecular flexibility index (Phi) is 5.86. The number of carbonyl (C=O) groups excluding carboxylic acids is 2. The molecule has 0 spiro atoms. The zero-order valence-electron chi connectivity index (χ0n) is 19.2. The van der Waals surface area contributed by atoms with E-state index in [1.54, 1.807) is 29.9 Å².